The molecule has 0 N–H and O–H groups in total. The molecular formula is C18H23N5S. The molecule has 0 amide bonds. The Kier molecular flexibility index (Phi) is 5.76. The van der Waals surface area contributed by atoms with Gasteiger partial charge >= 0.3 is 0 Å². The average Bonchev–Trinajstić information content (AvgIpc) is 3.04. The summed E-state index contributed by atoms with van der Waals surface area (Å²) in [7, 11) is 0. The van der Waals surface area contributed by atoms with E-state index >= 15 is 0 Å². The van der Waals surface area contributed by atoms with Crippen molar-refractivity contribution in [2.75, 3.05) is 23.7 Å². The van der Waals surface area contributed by atoms with Crippen LogP contribution in [-0.4, -0.2) is 33.6 Å². The van der Waals surface area contributed by atoms with Crippen molar-refractivity contribution in [3.05, 3.63) is 29.8 Å². The predicted molar refractivity (Wildman–Crippen MR) is 97.7 cm³/mol. The lowest BCUT2D eigenvalue weighted by atomic mass is 10.1. The number of nitriles is 1. The van der Waals surface area contributed by atoms with Crippen LogP contribution in [0.1, 0.15) is 37.7 Å². The summed E-state index contributed by atoms with van der Waals surface area (Å²) in [4.78, 5) is 2.34. The van der Waals surface area contributed by atoms with Gasteiger partial charge in [0.15, 0.2) is 5.16 Å². The number of thioether (sulfide) groups is 1. The third kappa shape index (κ3) is 3.90. The lowest BCUT2D eigenvalue weighted by Crippen LogP contribution is -2.31. The Morgan fingerprint density at radius 1 is 1.12 bits per heavy atom. The van der Waals surface area contributed by atoms with Crippen molar-refractivity contribution in [3.63, 3.8) is 0 Å². The normalized spacial score (nSPS) is 14.6. The van der Waals surface area contributed by atoms with Gasteiger partial charge in [-0.2, -0.15) is 5.26 Å². The zero-order valence-electron chi connectivity index (χ0n) is 14.1. The molecule has 0 unspecified atom stereocenters. The van der Waals surface area contributed by atoms with Crippen LogP contribution in [0.25, 0.3) is 5.69 Å². The molecule has 126 valence electrons. The standard InChI is InChI=1S/C18H23N5S/c1-15-7-9-16(10-8-15)23-17(22-12-4-2-5-13-22)20-21-18(23)24-14-6-3-11-19/h7-10H,2-6,12-14H2,1H3. The van der Waals surface area contributed by atoms with Crippen LogP contribution in [0.5, 0.6) is 0 Å². The van der Waals surface area contributed by atoms with Gasteiger partial charge in [0.2, 0.25) is 5.95 Å². The Balaban J connectivity index is 1.89. The number of piperidine rings is 1. The fourth-order valence-electron chi connectivity index (χ4n) is 2.89. The number of hydrogen-bond donors (Lipinski definition) is 0. The highest BCUT2D eigenvalue weighted by Gasteiger charge is 2.21. The molecule has 0 atom stereocenters. The molecule has 5 nitrogen and oxygen atoms in total. The lowest BCUT2D eigenvalue weighted by molar-refractivity contribution is 0.564. The van der Waals surface area contributed by atoms with E-state index in [9.17, 15) is 0 Å². The molecule has 24 heavy (non-hydrogen) atoms. The molecule has 0 radical (unpaired) electrons. The molecule has 1 fully saturated rings. The van der Waals surface area contributed by atoms with Crippen LogP contribution in [0.3, 0.4) is 0 Å². The average molecular weight is 341 g/mol. The van der Waals surface area contributed by atoms with Crippen molar-refractivity contribution < 1.29 is 0 Å². The predicted octanol–water partition coefficient (Wildman–Crippen LogP) is 3.96. The maximum Gasteiger partial charge on any atom is 0.232 e. The molecule has 3 rings (SSSR count). The molecule has 1 aliphatic rings. The summed E-state index contributed by atoms with van der Waals surface area (Å²) in [6.45, 7) is 4.19. The topological polar surface area (TPSA) is 57.7 Å². The summed E-state index contributed by atoms with van der Waals surface area (Å²) in [6, 6.07) is 10.7. The molecule has 1 aliphatic heterocycles. The van der Waals surface area contributed by atoms with Crippen molar-refractivity contribution in [1.82, 2.24) is 14.8 Å². The number of aromatic nitrogens is 3. The maximum absolute atomic E-state index is 8.70. The van der Waals surface area contributed by atoms with E-state index in [1.165, 1.54) is 24.8 Å². The summed E-state index contributed by atoms with van der Waals surface area (Å²) in [5.74, 6) is 1.83. The first-order chi connectivity index (χ1) is 11.8. The highest BCUT2D eigenvalue weighted by Crippen LogP contribution is 2.28. The van der Waals surface area contributed by atoms with Gasteiger partial charge in [-0.15, -0.1) is 10.2 Å². The number of anilines is 1. The van der Waals surface area contributed by atoms with E-state index in [1.807, 2.05) is 0 Å². The van der Waals surface area contributed by atoms with Crippen LogP contribution in [0.15, 0.2) is 29.4 Å². The third-order valence-corrected chi connectivity index (χ3v) is 5.23. The van der Waals surface area contributed by atoms with Crippen molar-refractivity contribution in [1.29, 1.82) is 5.26 Å². The van der Waals surface area contributed by atoms with Gasteiger partial charge in [0.1, 0.15) is 0 Å². The molecule has 1 aromatic carbocycles. The van der Waals surface area contributed by atoms with Gasteiger partial charge in [0.25, 0.3) is 0 Å². The summed E-state index contributed by atoms with van der Waals surface area (Å²) in [5, 5.41) is 18.5. The van der Waals surface area contributed by atoms with Gasteiger partial charge in [-0.25, -0.2) is 0 Å². The van der Waals surface area contributed by atoms with Gasteiger partial charge in [0, 0.05) is 25.3 Å². The van der Waals surface area contributed by atoms with E-state index in [1.54, 1.807) is 11.8 Å². The van der Waals surface area contributed by atoms with Crippen molar-refractivity contribution >= 4 is 17.7 Å². The van der Waals surface area contributed by atoms with Crippen LogP contribution >= 0.6 is 11.8 Å². The fraction of sp³-hybridized carbons (Fsp3) is 0.500. The minimum atomic E-state index is 0.588. The molecule has 2 aromatic rings. The largest absolute Gasteiger partial charge is 0.341 e. The number of aryl methyl sites for hydroxylation is 1. The Morgan fingerprint density at radius 2 is 1.88 bits per heavy atom. The van der Waals surface area contributed by atoms with Gasteiger partial charge < -0.3 is 4.90 Å². The van der Waals surface area contributed by atoms with E-state index in [4.69, 9.17) is 5.26 Å². The minimum absolute atomic E-state index is 0.588. The third-order valence-electron chi connectivity index (χ3n) is 4.21. The van der Waals surface area contributed by atoms with Crippen molar-refractivity contribution in [3.8, 4) is 11.8 Å². The smallest absolute Gasteiger partial charge is 0.232 e. The van der Waals surface area contributed by atoms with Crippen molar-refractivity contribution in [2.45, 2.75) is 44.2 Å². The molecule has 0 spiro atoms. The zero-order chi connectivity index (χ0) is 16.8. The summed E-state index contributed by atoms with van der Waals surface area (Å²) >= 11 is 1.68. The number of hydrogen-bond acceptors (Lipinski definition) is 5. The van der Waals surface area contributed by atoms with E-state index in [0.29, 0.717) is 6.42 Å². The van der Waals surface area contributed by atoms with Crippen LogP contribution in [0.4, 0.5) is 5.95 Å². The molecule has 1 saturated heterocycles. The zero-order valence-corrected chi connectivity index (χ0v) is 14.9. The quantitative estimate of drug-likeness (QED) is 0.588. The Hall–Kier alpha value is -2.00. The lowest BCUT2D eigenvalue weighted by Gasteiger charge is -2.27. The second kappa shape index (κ2) is 8.20. The van der Waals surface area contributed by atoms with E-state index in [-0.39, 0.29) is 0 Å². The molecule has 0 saturated carbocycles. The van der Waals surface area contributed by atoms with E-state index < -0.39 is 0 Å². The molecule has 0 bridgehead atoms. The van der Waals surface area contributed by atoms with Crippen molar-refractivity contribution in [2.24, 2.45) is 0 Å². The fourth-order valence-corrected chi connectivity index (χ4v) is 3.77. The van der Waals surface area contributed by atoms with Gasteiger partial charge in [-0.1, -0.05) is 29.5 Å². The molecular weight excluding hydrogens is 318 g/mol. The SMILES string of the molecule is Cc1ccc(-n2c(SCCCC#N)nnc2N2CCCCC2)cc1. The molecule has 1 aromatic heterocycles. The second-order valence-corrected chi connectivity index (χ2v) is 7.17. The van der Waals surface area contributed by atoms with Crippen LogP contribution in [-0.2, 0) is 0 Å². The van der Waals surface area contributed by atoms with Crippen LogP contribution in [0.2, 0.25) is 0 Å². The molecule has 6 heteroatoms. The molecule has 2 heterocycles. The molecule has 0 aliphatic carbocycles. The summed E-state index contributed by atoms with van der Waals surface area (Å²) in [6.07, 6.45) is 5.19. The van der Waals surface area contributed by atoms with Crippen LogP contribution in [0, 0.1) is 18.3 Å². The van der Waals surface area contributed by atoms with Gasteiger partial charge in [-0.05, 0) is 44.7 Å². The first-order valence-electron chi connectivity index (χ1n) is 8.57. The Labute approximate surface area is 147 Å². The number of benzene rings is 1. The van der Waals surface area contributed by atoms with Crippen LogP contribution < -0.4 is 4.90 Å². The van der Waals surface area contributed by atoms with E-state index in [2.05, 4.69) is 56.9 Å². The number of nitrogens with zero attached hydrogens (tertiary/aromatic N) is 5. The van der Waals surface area contributed by atoms with Gasteiger partial charge in [0.05, 0.1) is 11.8 Å². The Bertz CT molecular complexity index is 695. The second-order valence-electron chi connectivity index (χ2n) is 6.11. The highest BCUT2D eigenvalue weighted by molar-refractivity contribution is 7.99. The maximum atomic E-state index is 8.70. The van der Waals surface area contributed by atoms with E-state index in [0.717, 1.165) is 42.1 Å². The summed E-state index contributed by atoms with van der Waals surface area (Å²) in [5.41, 5.74) is 2.35. The Morgan fingerprint density at radius 3 is 2.58 bits per heavy atom. The number of unbranched alkanes of at least 4 members (excludes halogenated alkanes) is 1. The minimum Gasteiger partial charge on any atom is -0.341 e. The number of rotatable bonds is 6. The monoisotopic (exact) mass is 341 g/mol. The summed E-state index contributed by atoms with van der Waals surface area (Å²) < 4.78 is 2.17. The first-order valence-corrected chi connectivity index (χ1v) is 9.55. The first kappa shape index (κ1) is 16.8. The van der Waals surface area contributed by atoms with Gasteiger partial charge in [-0.3, -0.25) is 4.57 Å². The highest BCUT2D eigenvalue weighted by atomic mass is 32.2.